The number of likely N-dealkylation sites (N-methyl/N-ethyl adjacent to an activating group) is 1. The summed E-state index contributed by atoms with van der Waals surface area (Å²) in [5.74, 6) is -1.68. The second-order valence-corrected chi connectivity index (χ2v) is 3.81. The van der Waals surface area contributed by atoms with Gasteiger partial charge < -0.3 is 19.8 Å². The Morgan fingerprint density at radius 1 is 1.41 bits per heavy atom. The number of nitrogens with zero attached hydrogens (tertiary/aromatic N) is 1. The van der Waals surface area contributed by atoms with Crippen molar-refractivity contribution in [1.29, 1.82) is 0 Å². The fourth-order valence-electron chi connectivity index (χ4n) is 1.71. The fourth-order valence-corrected chi connectivity index (χ4v) is 1.71. The lowest BCUT2D eigenvalue weighted by molar-refractivity contribution is -0.144. The number of aliphatic carboxylic acids is 1. The molecule has 0 radical (unpaired) electrons. The number of hydrogen-bond acceptors (Lipinski definition) is 4. The van der Waals surface area contributed by atoms with E-state index in [9.17, 15) is 9.59 Å². The Kier molecular flexibility index (Phi) is 2.63. The molecule has 0 aromatic heterocycles. The van der Waals surface area contributed by atoms with Gasteiger partial charge in [0.15, 0.2) is 0 Å². The van der Waals surface area contributed by atoms with E-state index in [0.29, 0.717) is 11.4 Å². The minimum Gasteiger partial charge on any atom is -0.478 e. The molecule has 6 heteroatoms. The van der Waals surface area contributed by atoms with E-state index in [-0.39, 0.29) is 12.1 Å². The molecule has 1 aliphatic rings. The van der Waals surface area contributed by atoms with Gasteiger partial charge in [0.2, 0.25) is 6.10 Å². The lowest BCUT2D eigenvalue weighted by Gasteiger charge is -2.31. The van der Waals surface area contributed by atoms with Crippen molar-refractivity contribution < 1.29 is 24.5 Å². The number of carboxylic acid groups (broad SMARTS) is 2. The van der Waals surface area contributed by atoms with Crippen molar-refractivity contribution in [2.75, 3.05) is 18.5 Å². The van der Waals surface area contributed by atoms with E-state index >= 15 is 0 Å². The Morgan fingerprint density at radius 3 is 2.71 bits per heavy atom. The summed E-state index contributed by atoms with van der Waals surface area (Å²) in [4.78, 5) is 23.3. The average molecular weight is 237 g/mol. The van der Waals surface area contributed by atoms with Crippen molar-refractivity contribution in [3.63, 3.8) is 0 Å². The van der Waals surface area contributed by atoms with E-state index < -0.39 is 18.0 Å². The number of rotatable bonds is 2. The predicted octanol–water partition coefficient (Wildman–Crippen LogP) is 0.667. The molecule has 2 N–H and O–H groups in total. The number of carboxylic acids is 2. The summed E-state index contributed by atoms with van der Waals surface area (Å²) in [5.41, 5.74) is 0.732. The van der Waals surface area contributed by atoms with Crippen LogP contribution in [0.4, 0.5) is 5.69 Å². The van der Waals surface area contributed by atoms with Crippen molar-refractivity contribution in [2.24, 2.45) is 0 Å². The Bertz CT molecular complexity index is 485. The van der Waals surface area contributed by atoms with Crippen LogP contribution in [0.3, 0.4) is 0 Å². The van der Waals surface area contributed by atoms with Crippen LogP contribution in [-0.4, -0.2) is 41.8 Å². The molecule has 17 heavy (non-hydrogen) atoms. The number of hydrogen-bond donors (Lipinski definition) is 2. The summed E-state index contributed by atoms with van der Waals surface area (Å²) in [6, 6.07) is 4.33. The van der Waals surface area contributed by atoms with Crippen LogP contribution in [0.5, 0.6) is 5.75 Å². The highest BCUT2D eigenvalue weighted by molar-refractivity contribution is 5.90. The van der Waals surface area contributed by atoms with Gasteiger partial charge in [-0.25, -0.2) is 9.59 Å². The number of fused-ring (bicyclic) bond motifs is 1. The van der Waals surface area contributed by atoms with E-state index in [1.165, 1.54) is 18.2 Å². The zero-order valence-corrected chi connectivity index (χ0v) is 9.08. The predicted molar refractivity (Wildman–Crippen MR) is 58.7 cm³/mol. The maximum Gasteiger partial charge on any atom is 0.346 e. The van der Waals surface area contributed by atoms with Gasteiger partial charge >= 0.3 is 11.9 Å². The molecule has 6 nitrogen and oxygen atoms in total. The molecule has 1 heterocycles. The monoisotopic (exact) mass is 237 g/mol. The van der Waals surface area contributed by atoms with Crippen molar-refractivity contribution in [3.8, 4) is 5.75 Å². The number of benzene rings is 1. The number of carbonyl (C=O) groups is 2. The van der Waals surface area contributed by atoms with Crippen LogP contribution >= 0.6 is 0 Å². The van der Waals surface area contributed by atoms with Crippen LogP contribution in [0.2, 0.25) is 0 Å². The first-order valence-corrected chi connectivity index (χ1v) is 4.97. The van der Waals surface area contributed by atoms with Gasteiger partial charge in [-0.15, -0.1) is 0 Å². The van der Waals surface area contributed by atoms with Crippen LogP contribution in [0.15, 0.2) is 18.2 Å². The number of ether oxygens (including phenoxy) is 1. The third-order valence-electron chi connectivity index (χ3n) is 2.60. The molecule has 0 fully saturated rings. The molecular formula is C11H11NO5. The Balaban J connectivity index is 2.38. The lowest BCUT2D eigenvalue weighted by atomic mass is 10.1. The molecule has 0 spiro atoms. The Morgan fingerprint density at radius 2 is 2.12 bits per heavy atom. The standard InChI is InChI=1S/C11H11NO5/c1-12-5-9(11(15)16)17-8-3-2-6(10(13)14)4-7(8)12/h2-4,9H,5H2,1H3,(H,13,14)(H,15,16). The zero-order chi connectivity index (χ0) is 12.6. The van der Waals surface area contributed by atoms with Crippen molar-refractivity contribution in [1.82, 2.24) is 0 Å². The Labute approximate surface area is 97.0 Å². The molecule has 2 rings (SSSR count). The van der Waals surface area contributed by atoms with Crippen LogP contribution in [0.1, 0.15) is 10.4 Å². The molecule has 1 aromatic rings. The second kappa shape index (κ2) is 3.97. The van der Waals surface area contributed by atoms with Gasteiger partial charge in [-0.2, -0.15) is 0 Å². The lowest BCUT2D eigenvalue weighted by Crippen LogP contribution is -2.42. The minimum absolute atomic E-state index is 0.146. The molecule has 90 valence electrons. The molecule has 1 unspecified atom stereocenters. The van der Waals surface area contributed by atoms with Gasteiger partial charge in [0.25, 0.3) is 0 Å². The Hall–Kier alpha value is -2.24. The van der Waals surface area contributed by atoms with E-state index in [2.05, 4.69) is 0 Å². The highest BCUT2D eigenvalue weighted by atomic mass is 16.5. The molecule has 1 atom stereocenters. The molecule has 1 aromatic carbocycles. The first-order chi connectivity index (χ1) is 7.99. The molecule has 0 saturated carbocycles. The SMILES string of the molecule is CN1CC(C(=O)O)Oc2ccc(C(=O)O)cc21. The van der Waals surface area contributed by atoms with Crippen LogP contribution in [0.25, 0.3) is 0 Å². The molecule has 0 saturated heterocycles. The van der Waals surface area contributed by atoms with Crippen LogP contribution < -0.4 is 9.64 Å². The summed E-state index contributed by atoms with van der Waals surface area (Å²) < 4.78 is 5.26. The first kappa shape index (κ1) is 11.3. The summed E-state index contributed by atoms with van der Waals surface area (Å²) >= 11 is 0. The van der Waals surface area contributed by atoms with Gasteiger partial charge in [0, 0.05) is 7.05 Å². The van der Waals surface area contributed by atoms with E-state index in [1.807, 2.05) is 0 Å². The fraction of sp³-hybridized carbons (Fsp3) is 0.273. The molecule has 0 aliphatic carbocycles. The minimum atomic E-state index is -1.04. The van der Waals surface area contributed by atoms with E-state index in [0.717, 1.165) is 0 Å². The van der Waals surface area contributed by atoms with Crippen LogP contribution in [0, 0.1) is 0 Å². The van der Waals surface area contributed by atoms with Crippen molar-refractivity contribution in [2.45, 2.75) is 6.10 Å². The molecule has 1 aliphatic heterocycles. The third kappa shape index (κ3) is 2.01. The van der Waals surface area contributed by atoms with Gasteiger partial charge in [-0.3, -0.25) is 0 Å². The molecule has 0 bridgehead atoms. The largest absolute Gasteiger partial charge is 0.478 e. The molecule has 0 amide bonds. The third-order valence-corrected chi connectivity index (χ3v) is 2.60. The summed E-state index contributed by atoms with van der Waals surface area (Å²) in [7, 11) is 1.70. The van der Waals surface area contributed by atoms with Gasteiger partial charge in [0.1, 0.15) is 5.75 Å². The number of aromatic carboxylic acids is 1. The maximum absolute atomic E-state index is 10.8. The van der Waals surface area contributed by atoms with E-state index in [1.54, 1.807) is 11.9 Å². The highest BCUT2D eigenvalue weighted by Crippen LogP contribution is 2.33. The maximum atomic E-state index is 10.8. The van der Waals surface area contributed by atoms with Crippen LogP contribution in [-0.2, 0) is 4.79 Å². The zero-order valence-electron chi connectivity index (χ0n) is 9.08. The quantitative estimate of drug-likeness (QED) is 0.786. The first-order valence-electron chi connectivity index (χ1n) is 4.97. The summed E-state index contributed by atoms with van der Waals surface area (Å²) in [6.07, 6.45) is -0.928. The smallest absolute Gasteiger partial charge is 0.346 e. The van der Waals surface area contributed by atoms with E-state index in [4.69, 9.17) is 14.9 Å². The van der Waals surface area contributed by atoms with Crippen molar-refractivity contribution in [3.05, 3.63) is 23.8 Å². The topological polar surface area (TPSA) is 87.1 Å². The van der Waals surface area contributed by atoms with Crippen molar-refractivity contribution >= 4 is 17.6 Å². The normalized spacial score (nSPS) is 18.2. The second-order valence-electron chi connectivity index (χ2n) is 3.81. The van der Waals surface area contributed by atoms with Gasteiger partial charge in [-0.05, 0) is 18.2 Å². The summed E-state index contributed by atoms with van der Waals surface area (Å²) in [6.45, 7) is 0.186. The molecular weight excluding hydrogens is 226 g/mol. The van der Waals surface area contributed by atoms with Gasteiger partial charge in [-0.1, -0.05) is 0 Å². The number of anilines is 1. The average Bonchev–Trinajstić information content (AvgIpc) is 2.28. The summed E-state index contributed by atoms with van der Waals surface area (Å²) in [5, 5.41) is 17.7. The van der Waals surface area contributed by atoms with Gasteiger partial charge in [0.05, 0.1) is 17.8 Å². The highest BCUT2D eigenvalue weighted by Gasteiger charge is 2.29.